The number of carbonyl (C=O) groups is 1. The molecule has 0 aliphatic heterocycles. The number of aromatic nitrogens is 3. The molecule has 0 unspecified atom stereocenters. The molecule has 0 bridgehead atoms. The Balaban J connectivity index is 1.94. The zero-order valence-electron chi connectivity index (χ0n) is 8.67. The number of thiazole rings is 1. The van der Waals surface area contributed by atoms with Crippen LogP contribution in [0.1, 0.15) is 20.4 Å². The Morgan fingerprint density at radius 1 is 1.38 bits per heavy atom. The summed E-state index contributed by atoms with van der Waals surface area (Å²) in [6.45, 7) is 2.40. The smallest absolute Gasteiger partial charge is 0.271 e. The van der Waals surface area contributed by atoms with Crippen LogP contribution in [0.4, 0.5) is 0 Å². The van der Waals surface area contributed by atoms with Gasteiger partial charge in [-0.3, -0.25) is 9.78 Å². The molecule has 0 spiro atoms. The molecule has 0 aromatic carbocycles. The molecule has 0 atom stereocenters. The summed E-state index contributed by atoms with van der Waals surface area (Å²) in [5, 5.41) is 3.62. The molecule has 0 aliphatic carbocycles. The van der Waals surface area contributed by atoms with Gasteiger partial charge < -0.3 is 5.32 Å². The molecule has 5 nitrogen and oxygen atoms in total. The van der Waals surface area contributed by atoms with Gasteiger partial charge in [-0.25, -0.2) is 9.97 Å². The highest BCUT2D eigenvalue weighted by molar-refractivity contribution is 7.11. The van der Waals surface area contributed by atoms with Crippen LogP contribution in [0.2, 0.25) is 0 Å². The standard InChI is InChI=1S/C10H10N4OS/c1-7-4-13-9(16-7)6-14-10(15)8-5-11-2-3-12-8/h2-5H,6H2,1H3,(H,14,15). The van der Waals surface area contributed by atoms with E-state index in [9.17, 15) is 4.79 Å². The first-order chi connectivity index (χ1) is 7.75. The fraction of sp³-hybridized carbons (Fsp3) is 0.200. The summed E-state index contributed by atoms with van der Waals surface area (Å²) < 4.78 is 0. The lowest BCUT2D eigenvalue weighted by Crippen LogP contribution is -2.23. The number of hydrogen-bond donors (Lipinski definition) is 1. The number of rotatable bonds is 3. The van der Waals surface area contributed by atoms with Gasteiger partial charge in [0.05, 0.1) is 12.7 Å². The molecule has 6 heteroatoms. The van der Waals surface area contributed by atoms with Crippen molar-refractivity contribution in [1.29, 1.82) is 0 Å². The fourth-order valence-electron chi connectivity index (χ4n) is 1.15. The second-order valence-electron chi connectivity index (χ2n) is 3.14. The molecule has 2 rings (SSSR count). The molecule has 0 saturated heterocycles. The average molecular weight is 234 g/mol. The first kappa shape index (κ1) is 10.7. The maximum absolute atomic E-state index is 11.6. The van der Waals surface area contributed by atoms with Gasteiger partial charge in [-0.2, -0.15) is 0 Å². The van der Waals surface area contributed by atoms with Crippen molar-refractivity contribution in [2.45, 2.75) is 13.5 Å². The summed E-state index contributed by atoms with van der Waals surface area (Å²) >= 11 is 1.56. The third kappa shape index (κ3) is 2.60. The van der Waals surface area contributed by atoms with Crippen LogP contribution in [0.15, 0.2) is 24.8 Å². The van der Waals surface area contributed by atoms with Crippen molar-refractivity contribution in [3.05, 3.63) is 40.4 Å². The van der Waals surface area contributed by atoms with Crippen LogP contribution in [0.25, 0.3) is 0 Å². The lowest BCUT2D eigenvalue weighted by Gasteiger charge is -2.00. The van der Waals surface area contributed by atoms with Gasteiger partial charge in [-0.1, -0.05) is 0 Å². The van der Waals surface area contributed by atoms with Crippen molar-refractivity contribution in [3.63, 3.8) is 0 Å². The van der Waals surface area contributed by atoms with Gasteiger partial charge in [0.15, 0.2) is 0 Å². The number of nitrogens with one attached hydrogen (secondary N) is 1. The molecule has 16 heavy (non-hydrogen) atoms. The fourth-order valence-corrected chi connectivity index (χ4v) is 1.87. The van der Waals surface area contributed by atoms with E-state index >= 15 is 0 Å². The zero-order valence-corrected chi connectivity index (χ0v) is 9.49. The van der Waals surface area contributed by atoms with E-state index in [0.717, 1.165) is 9.88 Å². The number of hydrogen-bond acceptors (Lipinski definition) is 5. The van der Waals surface area contributed by atoms with Crippen LogP contribution < -0.4 is 5.32 Å². The lowest BCUT2D eigenvalue weighted by atomic mass is 10.4. The molecule has 1 amide bonds. The molecule has 2 aromatic heterocycles. The number of aryl methyl sites for hydroxylation is 1. The van der Waals surface area contributed by atoms with Gasteiger partial charge in [0.2, 0.25) is 0 Å². The van der Waals surface area contributed by atoms with Crippen LogP contribution in [0.3, 0.4) is 0 Å². The molecule has 1 N–H and O–H groups in total. The average Bonchev–Trinajstić information content (AvgIpc) is 2.73. The summed E-state index contributed by atoms with van der Waals surface area (Å²) in [6, 6.07) is 0. The normalized spacial score (nSPS) is 10.1. The Hall–Kier alpha value is -1.82. The van der Waals surface area contributed by atoms with Crippen LogP contribution >= 0.6 is 11.3 Å². The summed E-state index contributed by atoms with van der Waals surface area (Å²) in [6.07, 6.45) is 6.24. The van der Waals surface area contributed by atoms with Crippen molar-refractivity contribution in [2.24, 2.45) is 0 Å². The first-order valence-corrected chi connectivity index (χ1v) is 5.53. The number of amides is 1. The van der Waals surface area contributed by atoms with Crippen molar-refractivity contribution >= 4 is 17.2 Å². The summed E-state index contributed by atoms with van der Waals surface area (Å²) in [5.74, 6) is -0.235. The Morgan fingerprint density at radius 2 is 2.25 bits per heavy atom. The monoisotopic (exact) mass is 234 g/mol. The maximum atomic E-state index is 11.6. The van der Waals surface area contributed by atoms with Gasteiger partial charge in [0, 0.05) is 23.5 Å². The van der Waals surface area contributed by atoms with E-state index in [1.807, 2.05) is 6.92 Å². The van der Waals surface area contributed by atoms with Crippen molar-refractivity contribution in [3.8, 4) is 0 Å². The van der Waals surface area contributed by atoms with Gasteiger partial charge in [0.25, 0.3) is 5.91 Å². The van der Waals surface area contributed by atoms with Crippen molar-refractivity contribution in [2.75, 3.05) is 0 Å². The van der Waals surface area contributed by atoms with E-state index < -0.39 is 0 Å². The minimum atomic E-state index is -0.235. The third-order valence-electron chi connectivity index (χ3n) is 1.87. The highest BCUT2D eigenvalue weighted by atomic mass is 32.1. The molecule has 0 aliphatic rings. The molecule has 0 saturated carbocycles. The van der Waals surface area contributed by atoms with E-state index in [2.05, 4.69) is 20.3 Å². The predicted molar refractivity (Wildman–Crippen MR) is 60.1 cm³/mol. The Kier molecular flexibility index (Phi) is 3.21. The van der Waals surface area contributed by atoms with Gasteiger partial charge in [-0.05, 0) is 6.92 Å². The van der Waals surface area contributed by atoms with Gasteiger partial charge in [0.1, 0.15) is 10.7 Å². The summed E-state index contributed by atoms with van der Waals surface area (Å²) in [5.41, 5.74) is 0.316. The quantitative estimate of drug-likeness (QED) is 0.865. The van der Waals surface area contributed by atoms with E-state index in [4.69, 9.17) is 0 Å². The van der Waals surface area contributed by atoms with Crippen molar-refractivity contribution < 1.29 is 4.79 Å². The van der Waals surface area contributed by atoms with Crippen LogP contribution in [0.5, 0.6) is 0 Å². The zero-order chi connectivity index (χ0) is 11.4. The second-order valence-corrected chi connectivity index (χ2v) is 4.46. The summed E-state index contributed by atoms with van der Waals surface area (Å²) in [4.78, 5) is 24.6. The van der Waals surface area contributed by atoms with Gasteiger partial charge >= 0.3 is 0 Å². The highest BCUT2D eigenvalue weighted by Crippen LogP contribution is 2.10. The van der Waals surface area contributed by atoms with Crippen LogP contribution in [-0.2, 0) is 6.54 Å². The second kappa shape index (κ2) is 4.80. The number of carbonyl (C=O) groups excluding carboxylic acids is 1. The van der Waals surface area contributed by atoms with Crippen LogP contribution in [0, 0.1) is 6.92 Å². The van der Waals surface area contributed by atoms with E-state index in [-0.39, 0.29) is 5.91 Å². The molecular formula is C10H10N4OS. The first-order valence-electron chi connectivity index (χ1n) is 4.71. The molecule has 2 aromatic rings. The molecule has 0 radical (unpaired) electrons. The Bertz CT molecular complexity index is 483. The number of nitrogens with zero attached hydrogens (tertiary/aromatic N) is 3. The summed E-state index contributed by atoms with van der Waals surface area (Å²) in [7, 11) is 0. The Morgan fingerprint density at radius 3 is 2.88 bits per heavy atom. The topological polar surface area (TPSA) is 67.8 Å². The predicted octanol–water partition coefficient (Wildman–Crippen LogP) is 1.17. The SMILES string of the molecule is Cc1cnc(CNC(=O)c2cnccn2)s1. The largest absolute Gasteiger partial charge is 0.344 e. The maximum Gasteiger partial charge on any atom is 0.271 e. The Labute approximate surface area is 96.6 Å². The third-order valence-corrected chi connectivity index (χ3v) is 2.78. The molecule has 2 heterocycles. The molecule has 0 fully saturated rings. The van der Waals surface area contributed by atoms with E-state index in [1.54, 1.807) is 17.5 Å². The van der Waals surface area contributed by atoms with Crippen molar-refractivity contribution in [1.82, 2.24) is 20.3 Å². The lowest BCUT2D eigenvalue weighted by molar-refractivity contribution is 0.0945. The van der Waals surface area contributed by atoms with Gasteiger partial charge in [-0.15, -0.1) is 11.3 Å². The molecule has 82 valence electrons. The van der Waals surface area contributed by atoms with E-state index in [0.29, 0.717) is 12.2 Å². The minimum Gasteiger partial charge on any atom is -0.344 e. The minimum absolute atomic E-state index is 0.235. The van der Waals surface area contributed by atoms with Crippen LogP contribution in [-0.4, -0.2) is 20.9 Å². The highest BCUT2D eigenvalue weighted by Gasteiger charge is 2.07. The van der Waals surface area contributed by atoms with E-state index in [1.165, 1.54) is 18.6 Å². The molecular weight excluding hydrogens is 224 g/mol.